The van der Waals surface area contributed by atoms with Crippen molar-refractivity contribution in [2.24, 2.45) is 5.92 Å². The van der Waals surface area contributed by atoms with Crippen LogP contribution in [-0.4, -0.2) is 35.0 Å². The molecule has 1 atom stereocenters. The summed E-state index contributed by atoms with van der Waals surface area (Å²) in [6, 6.07) is 1.25. The van der Waals surface area contributed by atoms with Gasteiger partial charge in [-0.3, -0.25) is 14.9 Å². The molecule has 10 heteroatoms. The Kier molecular flexibility index (Phi) is 4.44. The highest BCUT2D eigenvalue weighted by Crippen LogP contribution is 2.34. The minimum Gasteiger partial charge on any atom is -0.393 e. The molecule has 1 aromatic rings. The number of halogens is 4. The Morgan fingerprint density at radius 2 is 2.04 bits per heavy atom. The molecule has 0 aliphatic carbocycles. The first-order valence-corrected chi connectivity index (χ1v) is 6.70. The third kappa shape index (κ3) is 3.51. The van der Waals surface area contributed by atoms with Gasteiger partial charge in [-0.05, 0) is 18.9 Å². The summed E-state index contributed by atoms with van der Waals surface area (Å²) in [5.41, 5.74) is 3.65. The monoisotopic (exact) mass is 335 g/mol. The van der Waals surface area contributed by atoms with Gasteiger partial charge in [-0.25, -0.2) is 4.39 Å². The smallest absolute Gasteiger partial charge is 0.393 e. The summed E-state index contributed by atoms with van der Waals surface area (Å²) in [5, 5.41) is 10.8. The van der Waals surface area contributed by atoms with Crippen molar-refractivity contribution in [3.8, 4) is 0 Å². The number of nitrogens with zero attached hydrogens (tertiary/aromatic N) is 2. The number of nitro benzene ring substituents is 1. The molecule has 2 rings (SSSR count). The Balaban J connectivity index is 2.32. The predicted molar refractivity (Wildman–Crippen MR) is 72.1 cm³/mol. The number of anilines is 1. The molecular formula is C13H13F4N3O3. The molecular weight excluding hydrogens is 322 g/mol. The second-order valence-corrected chi connectivity index (χ2v) is 5.28. The summed E-state index contributed by atoms with van der Waals surface area (Å²) in [5.74, 6) is -3.68. The lowest BCUT2D eigenvalue weighted by Crippen LogP contribution is -2.44. The van der Waals surface area contributed by atoms with E-state index in [1.807, 2.05) is 0 Å². The number of piperidine rings is 1. The maximum atomic E-state index is 13.5. The summed E-state index contributed by atoms with van der Waals surface area (Å²) in [4.78, 5) is 23.0. The lowest BCUT2D eigenvalue weighted by atomic mass is 9.96. The zero-order valence-electron chi connectivity index (χ0n) is 11.8. The van der Waals surface area contributed by atoms with Crippen LogP contribution >= 0.6 is 0 Å². The van der Waals surface area contributed by atoms with Crippen LogP contribution in [0.5, 0.6) is 0 Å². The van der Waals surface area contributed by atoms with Crippen LogP contribution in [-0.2, 0) is 0 Å². The van der Waals surface area contributed by atoms with E-state index in [0.29, 0.717) is 12.1 Å². The topological polar surface area (TPSA) is 89.5 Å². The molecule has 126 valence electrons. The lowest BCUT2D eigenvalue weighted by molar-refractivity contribution is -0.384. The molecule has 0 radical (unpaired) electrons. The number of likely N-dealkylation sites (tertiary alicyclic amines) is 1. The van der Waals surface area contributed by atoms with E-state index < -0.39 is 52.2 Å². The number of amides is 1. The van der Waals surface area contributed by atoms with E-state index in [1.165, 1.54) is 0 Å². The molecule has 1 aliphatic heterocycles. The van der Waals surface area contributed by atoms with Crippen molar-refractivity contribution in [1.29, 1.82) is 0 Å². The molecule has 1 heterocycles. The van der Waals surface area contributed by atoms with E-state index in [9.17, 15) is 32.5 Å². The van der Waals surface area contributed by atoms with E-state index in [4.69, 9.17) is 5.73 Å². The molecule has 1 aliphatic rings. The van der Waals surface area contributed by atoms with Crippen molar-refractivity contribution in [3.05, 3.63) is 33.6 Å². The van der Waals surface area contributed by atoms with Crippen molar-refractivity contribution in [2.75, 3.05) is 18.8 Å². The van der Waals surface area contributed by atoms with Crippen LogP contribution in [0.25, 0.3) is 0 Å². The number of hydrogen-bond donors (Lipinski definition) is 1. The fraction of sp³-hybridized carbons (Fsp3) is 0.462. The minimum atomic E-state index is -4.45. The number of carbonyl (C=O) groups excluding carboxylic acids is 1. The number of alkyl halides is 3. The molecule has 1 saturated heterocycles. The van der Waals surface area contributed by atoms with E-state index in [-0.39, 0.29) is 19.4 Å². The summed E-state index contributed by atoms with van der Waals surface area (Å²) in [6.45, 7) is -0.527. The molecule has 1 fully saturated rings. The number of nitrogen functional groups attached to an aromatic ring is 1. The Labute approximate surface area is 128 Å². The van der Waals surface area contributed by atoms with E-state index in [2.05, 4.69) is 0 Å². The predicted octanol–water partition coefficient (Wildman–Crippen LogP) is 2.73. The zero-order valence-corrected chi connectivity index (χ0v) is 11.8. The van der Waals surface area contributed by atoms with Gasteiger partial charge >= 0.3 is 6.18 Å². The number of nitro groups is 1. The molecule has 0 spiro atoms. The molecule has 0 saturated carbocycles. The molecule has 0 aromatic heterocycles. The first kappa shape index (κ1) is 17.0. The normalized spacial score (nSPS) is 18.8. The van der Waals surface area contributed by atoms with Crippen molar-refractivity contribution in [3.63, 3.8) is 0 Å². The average molecular weight is 335 g/mol. The standard InChI is InChI=1S/C13H13F4N3O3/c14-8-4-9(11(18)10(5-8)20(22)23)12(21)19-3-1-2-7(6-19)13(15,16)17/h4-5,7H,1-3,6,18H2. The summed E-state index contributed by atoms with van der Waals surface area (Å²) >= 11 is 0. The first-order valence-electron chi connectivity index (χ1n) is 6.70. The van der Waals surface area contributed by atoms with Crippen molar-refractivity contribution in [1.82, 2.24) is 4.90 Å². The van der Waals surface area contributed by atoms with Gasteiger partial charge in [0.1, 0.15) is 11.5 Å². The van der Waals surface area contributed by atoms with Gasteiger partial charge < -0.3 is 10.6 Å². The van der Waals surface area contributed by atoms with Crippen molar-refractivity contribution >= 4 is 17.3 Å². The van der Waals surface area contributed by atoms with Crippen LogP contribution in [0.1, 0.15) is 23.2 Å². The van der Waals surface area contributed by atoms with E-state index in [0.717, 1.165) is 4.90 Å². The highest BCUT2D eigenvalue weighted by molar-refractivity contribution is 6.01. The molecule has 0 bridgehead atoms. The Hall–Kier alpha value is -2.39. The van der Waals surface area contributed by atoms with Crippen LogP contribution in [0.3, 0.4) is 0 Å². The van der Waals surface area contributed by atoms with Gasteiger partial charge in [0, 0.05) is 13.1 Å². The summed E-state index contributed by atoms with van der Waals surface area (Å²) in [6.07, 6.45) is -4.42. The highest BCUT2D eigenvalue weighted by atomic mass is 19.4. The lowest BCUT2D eigenvalue weighted by Gasteiger charge is -2.33. The number of benzene rings is 1. The molecule has 1 amide bonds. The molecule has 1 unspecified atom stereocenters. The summed E-state index contributed by atoms with van der Waals surface area (Å²) < 4.78 is 51.8. The number of hydrogen-bond acceptors (Lipinski definition) is 4. The fourth-order valence-electron chi connectivity index (χ4n) is 2.53. The zero-order chi connectivity index (χ0) is 17.4. The SMILES string of the molecule is Nc1c(C(=O)N2CCCC(C(F)(F)F)C2)cc(F)cc1[N+](=O)[O-]. The van der Waals surface area contributed by atoms with Gasteiger partial charge in [-0.1, -0.05) is 0 Å². The average Bonchev–Trinajstić information content (AvgIpc) is 2.47. The Morgan fingerprint density at radius 1 is 1.39 bits per heavy atom. The van der Waals surface area contributed by atoms with Gasteiger partial charge in [0.2, 0.25) is 0 Å². The molecule has 6 nitrogen and oxygen atoms in total. The maximum Gasteiger partial charge on any atom is 0.393 e. The van der Waals surface area contributed by atoms with E-state index in [1.54, 1.807) is 0 Å². The number of carbonyl (C=O) groups is 1. The Bertz CT molecular complexity index is 648. The molecule has 2 N–H and O–H groups in total. The van der Waals surface area contributed by atoms with Gasteiger partial charge in [-0.15, -0.1) is 0 Å². The van der Waals surface area contributed by atoms with Crippen LogP contribution in [0, 0.1) is 21.8 Å². The van der Waals surface area contributed by atoms with Crippen LogP contribution < -0.4 is 5.73 Å². The van der Waals surface area contributed by atoms with E-state index >= 15 is 0 Å². The second kappa shape index (κ2) is 6.01. The van der Waals surface area contributed by atoms with Gasteiger partial charge in [-0.2, -0.15) is 13.2 Å². The fourth-order valence-corrected chi connectivity index (χ4v) is 2.53. The third-order valence-electron chi connectivity index (χ3n) is 3.72. The molecule has 1 aromatic carbocycles. The minimum absolute atomic E-state index is 0.0508. The second-order valence-electron chi connectivity index (χ2n) is 5.28. The summed E-state index contributed by atoms with van der Waals surface area (Å²) in [7, 11) is 0. The molecule has 23 heavy (non-hydrogen) atoms. The third-order valence-corrected chi connectivity index (χ3v) is 3.72. The highest BCUT2D eigenvalue weighted by Gasteiger charge is 2.43. The van der Waals surface area contributed by atoms with Crippen molar-refractivity contribution in [2.45, 2.75) is 19.0 Å². The largest absolute Gasteiger partial charge is 0.393 e. The maximum absolute atomic E-state index is 13.5. The van der Waals surface area contributed by atoms with Gasteiger partial charge in [0.05, 0.1) is 22.5 Å². The first-order chi connectivity index (χ1) is 10.6. The van der Waals surface area contributed by atoms with Crippen molar-refractivity contribution < 1.29 is 27.3 Å². The Morgan fingerprint density at radius 3 is 2.61 bits per heavy atom. The van der Waals surface area contributed by atoms with Crippen LogP contribution in [0.4, 0.5) is 28.9 Å². The van der Waals surface area contributed by atoms with Gasteiger partial charge in [0.25, 0.3) is 11.6 Å². The van der Waals surface area contributed by atoms with Crippen LogP contribution in [0.2, 0.25) is 0 Å². The number of nitrogens with two attached hydrogens (primary N) is 1. The van der Waals surface area contributed by atoms with Crippen LogP contribution in [0.15, 0.2) is 12.1 Å². The van der Waals surface area contributed by atoms with Gasteiger partial charge in [0.15, 0.2) is 0 Å². The number of rotatable bonds is 2. The quantitative estimate of drug-likeness (QED) is 0.389.